The topological polar surface area (TPSA) is 45.3 Å². The lowest BCUT2D eigenvalue weighted by atomic mass is 9.87. The maximum atomic E-state index is 13.1. The van der Waals surface area contributed by atoms with Crippen LogP contribution in [0.3, 0.4) is 0 Å². The van der Waals surface area contributed by atoms with Crippen molar-refractivity contribution in [1.82, 2.24) is 14.7 Å². The van der Waals surface area contributed by atoms with Crippen LogP contribution in [0.25, 0.3) is 0 Å². The van der Waals surface area contributed by atoms with Gasteiger partial charge in [0.25, 0.3) is 0 Å². The molecule has 0 spiro atoms. The molecule has 0 bridgehead atoms. The van der Waals surface area contributed by atoms with Crippen LogP contribution in [0.5, 0.6) is 11.5 Å². The fraction of sp³-hybridized carbons (Fsp3) is 0.536. The van der Waals surface area contributed by atoms with Crippen LogP contribution in [0.4, 0.5) is 0 Å². The SMILES string of the molecule is COc1cc2c(cc1OC)CN(C(=O)CN1CCN(Cc3ccc(C(C)(C)C)cc3)CC1)CC2. The van der Waals surface area contributed by atoms with Gasteiger partial charge in [-0.25, -0.2) is 0 Å². The van der Waals surface area contributed by atoms with E-state index in [2.05, 4.69) is 54.8 Å². The molecule has 0 aliphatic carbocycles. The Hall–Kier alpha value is -2.57. The largest absolute Gasteiger partial charge is 0.493 e. The Balaban J connectivity index is 1.26. The summed E-state index contributed by atoms with van der Waals surface area (Å²) in [6.45, 7) is 13.5. The summed E-state index contributed by atoms with van der Waals surface area (Å²) in [7, 11) is 3.31. The lowest BCUT2D eigenvalue weighted by Crippen LogP contribution is -2.50. The number of carbonyl (C=O) groups is 1. The van der Waals surface area contributed by atoms with Crippen LogP contribution in [-0.2, 0) is 29.7 Å². The van der Waals surface area contributed by atoms with Gasteiger partial charge >= 0.3 is 0 Å². The van der Waals surface area contributed by atoms with Crippen molar-refractivity contribution >= 4 is 5.91 Å². The highest BCUT2D eigenvalue weighted by Crippen LogP contribution is 2.33. The van der Waals surface area contributed by atoms with E-state index in [9.17, 15) is 4.79 Å². The number of rotatable bonds is 6. The van der Waals surface area contributed by atoms with Crippen LogP contribution in [0.15, 0.2) is 36.4 Å². The molecule has 6 nitrogen and oxygen atoms in total. The molecule has 0 saturated carbocycles. The van der Waals surface area contributed by atoms with Gasteiger partial charge in [-0.15, -0.1) is 0 Å². The van der Waals surface area contributed by atoms with Crippen molar-refractivity contribution < 1.29 is 14.3 Å². The van der Waals surface area contributed by atoms with E-state index < -0.39 is 0 Å². The van der Waals surface area contributed by atoms with Crippen molar-refractivity contribution in [2.75, 3.05) is 53.5 Å². The Kier molecular flexibility index (Phi) is 7.48. The molecule has 2 aromatic rings. The number of fused-ring (bicyclic) bond motifs is 1. The fourth-order valence-electron chi connectivity index (χ4n) is 4.86. The van der Waals surface area contributed by atoms with Crippen molar-refractivity contribution in [3.63, 3.8) is 0 Å². The van der Waals surface area contributed by atoms with Gasteiger partial charge in [0.05, 0.1) is 20.8 Å². The van der Waals surface area contributed by atoms with E-state index in [1.807, 2.05) is 17.0 Å². The monoisotopic (exact) mass is 465 g/mol. The second-order valence-electron chi connectivity index (χ2n) is 10.5. The van der Waals surface area contributed by atoms with E-state index in [1.54, 1.807) is 14.2 Å². The zero-order chi connectivity index (χ0) is 24.3. The maximum absolute atomic E-state index is 13.1. The number of nitrogens with zero attached hydrogens (tertiary/aromatic N) is 3. The molecule has 0 atom stereocenters. The third-order valence-corrected chi connectivity index (χ3v) is 7.12. The van der Waals surface area contributed by atoms with Gasteiger partial charge in [-0.3, -0.25) is 14.6 Å². The number of methoxy groups -OCH3 is 2. The molecular weight excluding hydrogens is 426 g/mol. The van der Waals surface area contributed by atoms with Gasteiger partial charge in [0, 0.05) is 45.8 Å². The van der Waals surface area contributed by atoms with Crippen LogP contribution >= 0.6 is 0 Å². The van der Waals surface area contributed by atoms with Crippen LogP contribution in [0, 0.1) is 0 Å². The third-order valence-electron chi connectivity index (χ3n) is 7.12. The molecule has 0 unspecified atom stereocenters. The van der Waals surface area contributed by atoms with Crippen molar-refractivity contribution in [2.24, 2.45) is 0 Å². The Morgan fingerprint density at radius 1 is 0.853 bits per heavy atom. The standard InChI is InChI=1S/C28H39N3O3/c1-28(2,3)24-8-6-21(7-9-24)18-29-12-14-30(15-13-29)20-27(32)31-11-10-22-16-25(33-4)26(34-5)17-23(22)19-31/h6-9,16-17H,10-15,18-20H2,1-5H3. The summed E-state index contributed by atoms with van der Waals surface area (Å²) < 4.78 is 10.9. The highest BCUT2D eigenvalue weighted by molar-refractivity contribution is 5.78. The quantitative estimate of drug-likeness (QED) is 0.651. The van der Waals surface area contributed by atoms with Crippen LogP contribution in [0.2, 0.25) is 0 Å². The van der Waals surface area contributed by atoms with Gasteiger partial charge in [0.1, 0.15) is 0 Å². The number of amides is 1. The van der Waals surface area contributed by atoms with Gasteiger partial charge in [-0.05, 0) is 46.2 Å². The van der Waals surface area contributed by atoms with E-state index in [0.29, 0.717) is 13.1 Å². The molecule has 2 heterocycles. The zero-order valence-corrected chi connectivity index (χ0v) is 21.4. The van der Waals surface area contributed by atoms with Crippen molar-refractivity contribution in [2.45, 2.75) is 45.7 Å². The first kappa shape index (κ1) is 24.6. The smallest absolute Gasteiger partial charge is 0.237 e. The number of hydrogen-bond donors (Lipinski definition) is 0. The highest BCUT2D eigenvalue weighted by Gasteiger charge is 2.26. The number of benzene rings is 2. The van der Waals surface area contributed by atoms with E-state index in [-0.39, 0.29) is 11.3 Å². The summed E-state index contributed by atoms with van der Waals surface area (Å²) in [5.74, 6) is 1.69. The summed E-state index contributed by atoms with van der Waals surface area (Å²) in [4.78, 5) is 19.8. The summed E-state index contributed by atoms with van der Waals surface area (Å²) in [6, 6.07) is 13.1. The van der Waals surface area contributed by atoms with Crippen LogP contribution in [-0.4, -0.2) is 74.1 Å². The molecule has 4 rings (SSSR count). The van der Waals surface area contributed by atoms with Crippen LogP contribution < -0.4 is 9.47 Å². The molecule has 2 aliphatic rings. The van der Waals surface area contributed by atoms with Gasteiger partial charge in [0.15, 0.2) is 11.5 Å². The molecule has 6 heteroatoms. The molecule has 0 radical (unpaired) electrons. The van der Waals surface area contributed by atoms with E-state index in [1.165, 1.54) is 16.7 Å². The molecular formula is C28H39N3O3. The first-order chi connectivity index (χ1) is 16.3. The Morgan fingerprint density at radius 2 is 1.44 bits per heavy atom. The van der Waals surface area contributed by atoms with Gasteiger partial charge in [0.2, 0.25) is 5.91 Å². The third kappa shape index (κ3) is 5.73. The first-order valence-electron chi connectivity index (χ1n) is 12.3. The lowest BCUT2D eigenvalue weighted by Gasteiger charge is -2.36. The summed E-state index contributed by atoms with van der Waals surface area (Å²) >= 11 is 0. The van der Waals surface area contributed by atoms with Crippen LogP contribution in [0.1, 0.15) is 43.0 Å². The Bertz CT molecular complexity index is 989. The summed E-state index contributed by atoms with van der Waals surface area (Å²) in [5, 5.41) is 0. The predicted molar refractivity (Wildman–Crippen MR) is 136 cm³/mol. The number of ether oxygens (including phenoxy) is 2. The lowest BCUT2D eigenvalue weighted by molar-refractivity contribution is -0.133. The minimum Gasteiger partial charge on any atom is -0.493 e. The normalized spacial score (nSPS) is 17.4. The van der Waals surface area contributed by atoms with E-state index >= 15 is 0 Å². The first-order valence-corrected chi connectivity index (χ1v) is 12.3. The Morgan fingerprint density at radius 3 is 2.03 bits per heavy atom. The molecule has 1 amide bonds. The van der Waals surface area contributed by atoms with Gasteiger partial charge in [-0.1, -0.05) is 45.0 Å². The minimum absolute atomic E-state index is 0.187. The molecule has 0 N–H and O–H groups in total. The minimum atomic E-state index is 0.187. The van der Waals surface area contributed by atoms with Crippen molar-refractivity contribution in [3.05, 3.63) is 58.7 Å². The van der Waals surface area contributed by atoms with Gasteiger partial charge < -0.3 is 14.4 Å². The summed E-state index contributed by atoms with van der Waals surface area (Å²) in [6.07, 6.45) is 0.850. The number of carbonyl (C=O) groups excluding carboxylic acids is 1. The Labute approximate surface area is 204 Å². The number of piperazine rings is 1. The highest BCUT2D eigenvalue weighted by atomic mass is 16.5. The molecule has 2 aliphatic heterocycles. The molecule has 184 valence electrons. The molecule has 2 aromatic carbocycles. The van der Waals surface area contributed by atoms with E-state index in [0.717, 1.165) is 62.8 Å². The van der Waals surface area contributed by atoms with Crippen molar-refractivity contribution in [3.8, 4) is 11.5 Å². The fourth-order valence-corrected chi connectivity index (χ4v) is 4.86. The molecule has 1 saturated heterocycles. The van der Waals surface area contributed by atoms with Crippen molar-refractivity contribution in [1.29, 1.82) is 0 Å². The second kappa shape index (κ2) is 10.4. The zero-order valence-electron chi connectivity index (χ0n) is 21.4. The average Bonchev–Trinajstić information content (AvgIpc) is 2.83. The van der Waals surface area contributed by atoms with Gasteiger partial charge in [-0.2, -0.15) is 0 Å². The molecule has 1 fully saturated rings. The number of hydrogen-bond acceptors (Lipinski definition) is 5. The molecule has 0 aromatic heterocycles. The maximum Gasteiger partial charge on any atom is 0.237 e. The predicted octanol–water partition coefficient (Wildman–Crippen LogP) is 3.70. The second-order valence-corrected chi connectivity index (χ2v) is 10.5. The van der Waals surface area contributed by atoms with E-state index in [4.69, 9.17) is 9.47 Å². The summed E-state index contributed by atoms with van der Waals surface area (Å²) in [5.41, 5.74) is 5.31. The average molecular weight is 466 g/mol. The molecule has 34 heavy (non-hydrogen) atoms.